The zero-order chi connectivity index (χ0) is 19.2. The maximum atomic E-state index is 12.4. The van der Waals surface area contributed by atoms with E-state index in [1.165, 1.54) is 18.2 Å². The Labute approximate surface area is 166 Å². The highest BCUT2D eigenvalue weighted by Gasteiger charge is 2.16. The lowest BCUT2D eigenvalue weighted by Crippen LogP contribution is -2.17. The predicted molar refractivity (Wildman–Crippen MR) is 108 cm³/mol. The lowest BCUT2D eigenvalue weighted by Gasteiger charge is -2.21. The topological polar surface area (TPSA) is 81.5 Å². The average molecular weight is 407 g/mol. The number of carbonyl (C=O) groups is 1. The number of amides is 1. The lowest BCUT2D eigenvalue weighted by atomic mass is 10.1. The summed E-state index contributed by atoms with van der Waals surface area (Å²) in [7, 11) is 0. The normalized spacial score (nSPS) is 14.7. The van der Waals surface area contributed by atoms with Crippen LogP contribution in [0.25, 0.3) is 0 Å². The summed E-state index contributed by atoms with van der Waals surface area (Å²) in [4.78, 5) is 22.7. The molecule has 1 saturated heterocycles. The molecule has 1 heterocycles. The number of ether oxygens (including phenoxy) is 1. The number of thioether (sulfide) groups is 1. The number of hydrogen-bond donors (Lipinski definition) is 1. The van der Waals surface area contributed by atoms with Crippen LogP contribution in [-0.4, -0.2) is 29.3 Å². The monoisotopic (exact) mass is 406 g/mol. The number of carbonyl (C=O) groups excluding carboxylic acids is 1. The van der Waals surface area contributed by atoms with Crippen molar-refractivity contribution in [2.45, 2.75) is 23.8 Å². The van der Waals surface area contributed by atoms with E-state index < -0.39 is 10.8 Å². The van der Waals surface area contributed by atoms with E-state index in [0.717, 1.165) is 37.4 Å². The molecule has 2 aromatic carbocycles. The maximum absolute atomic E-state index is 12.4. The fraction of sp³-hybridized carbons (Fsp3) is 0.316. The van der Waals surface area contributed by atoms with Crippen LogP contribution in [0.5, 0.6) is 0 Å². The van der Waals surface area contributed by atoms with Crippen molar-refractivity contribution in [3.8, 4) is 0 Å². The Morgan fingerprint density at radius 2 is 2.04 bits per heavy atom. The quantitative estimate of drug-likeness (QED) is 0.544. The van der Waals surface area contributed by atoms with E-state index in [9.17, 15) is 14.9 Å². The van der Waals surface area contributed by atoms with Gasteiger partial charge in [-0.25, -0.2) is 0 Å². The van der Waals surface area contributed by atoms with E-state index in [1.54, 1.807) is 6.07 Å². The second-order valence-electron chi connectivity index (χ2n) is 6.20. The van der Waals surface area contributed by atoms with Gasteiger partial charge < -0.3 is 10.1 Å². The summed E-state index contributed by atoms with van der Waals surface area (Å²) in [5.41, 5.74) is 1.84. The molecule has 0 spiro atoms. The minimum absolute atomic E-state index is 0.0490. The minimum Gasteiger partial charge on any atom is -0.381 e. The van der Waals surface area contributed by atoms with Crippen molar-refractivity contribution in [1.29, 1.82) is 0 Å². The standard InChI is InChI=1S/C19H19ClN2O4S/c20-18-11-15(22(24)25)4-5-17(18)19(23)21-14-3-1-2-13(10-14)12-27-16-6-8-26-9-7-16/h1-5,10-11,16H,6-9,12H2,(H,21,23). The first kappa shape index (κ1) is 19.7. The highest BCUT2D eigenvalue weighted by molar-refractivity contribution is 7.99. The van der Waals surface area contributed by atoms with Gasteiger partial charge in [-0.2, -0.15) is 11.8 Å². The maximum Gasteiger partial charge on any atom is 0.270 e. The first-order chi connectivity index (χ1) is 13.0. The summed E-state index contributed by atoms with van der Waals surface area (Å²) < 4.78 is 5.38. The van der Waals surface area contributed by atoms with Gasteiger partial charge in [0.1, 0.15) is 0 Å². The van der Waals surface area contributed by atoms with Crippen molar-refractivity contribution in [2.75, 3.05) is 18.5 Å². The molecule has 0 radical (unpaired) electrons. The fourth-order valence-electron chi connectivity index (χ4n) is 2.80. The van der Waals surface area contributed by atoms with Crippen molar-refractivity contribution in [1.82, 2.24) is 0 Å². The number of nitrogens with zero attached hydrogens (tertiary/aromatic N) is 1. The molecule has 0 atom stereocenters. The molecule has 0 aliphatic carbocycles. The van der Waals surface area contributed by atoms with E-state index >= 15 is 0 Å². The molecule has 1 N–H and O–H groups in total. The van der Waals surface area contributed by atoms with Crippen LogP contribution in [0.4, 0.5) is 11.4 Å². The Bertz CT molecular complexity index is 840. The van der Waals surface area contributed by atoms with Crippen molar-refractivity contribution in [3.05, 3.63) is 68.7 Å². The van der Waals surface area contributed by atoms with E-state index in [1.807, 2.05) is 30.0 Å². The fourth-order valence-corrected chi connectivity index (χ4v) is 4.19. The summed E-state index contributed by atoms with van der Waals surface area (Å²) in [6, 6.07) is 11.5. The van der Waals surface area contributed by atoms with Gasteiger partial charge in [0.05, 0.1) is 15.5 Å². The van der Waals surface area contributed by atoms with Gasteiger partial charge in [0.15, 0.2) is 0 Å². The van der Waals surface area contributed by atoms with E-state index in [-0.39, 0.29) is 16.3 Å². The molecule has 1 aliphatic heterocycles. The van der Waals surface area contributed by atoms with E-state index in [2.05, 4.69) is 5.32 Å². The largest absolute Gasteiger partial charge is 0.381 e. The van der Waals surface area contributed by atoms with Gasteiger partial charge in [0.2, 0.25) is 0 Å². The van der Waals surface area contributed by atoms with Crippen LogP contribution in [0, 0.1) is 10.1 Å². The number of nitrogens with one attached hydrogen (secondary N) is 1. The van der Waals surface area contributed by atoms with Gasteiger partial charge in [-0.05, 0) is 36.6 Å². The summed E-state index contributed by atoms with van der Waals surface area (Å²) in [6.45, 7) is 1.65. The third-order valence-electron chi connectivity index (χ3n) is 4.25. The van der Waals surface area contributed by atoms with Crippen LogP contribution < -0.4 is 5.32 Å². The molecule has 0 unspecified atom stereocenters. The Kier molecular flexibility index (Phi) is 6.71. The van der Waals surface area contributed by atoms with Gasteiger partial charge in [0, 0.05) is 42.0 Å². The van der Waals surface area contributed by atoms with Gasteiger partial charge >= 0.3 is 0 Å². The summed E-state index contributed by atoms with van der Waals surface area (Å²) >= 11 is 7.93. The molecule has 0 bridgehead atoms. The molecular formula is C19H19ClN2O4S. The molecule has 27 heavy (non-hydrogen) atoms. The molecule has 142 valence electrons. The van der Waals surface area contributed by atoms with Crippen molar-refractivity contribution < 1.29 is 14.5 Å². The van der Waals surface area contributed by atoms with Gasteiger partial charge in [-0.3, -0.25) is 14.9 Å². The Balaban J connectivity index is 1.63. The van der Waals surface area contributed by atoms with E-state index in [0.29, 0.717) is 10.9 Å². The number of hydrogen-bond acceptors (Lipinski definition) is 5. The summed E-state index contributed by atoms with van der Waals surface area (Å²) in [5, 5.41) is 14.2. The number of benzene rings is 2. The Hall–Kier alpha value is -2.09. The van der Waals surface area contributed by atoms with Gasteiger partial charge in [-0.1, -0.05) is 23.7 Å². The number of non-ortho nitro benzene ring substituents is 1. The molecule has 1 amide bonds. The molecular weight excluding hydrogens is 388 g/mol. The second kappa shape index (κ2) is 9.21. The highest BCUT2D eigenvalue weighted by Crippen LogP contribution is 2.27. The molecule has 0 saturated carbocycles. The van der Waals surface area contributed by atoms with Crippen LogP contribution in [0.3, 0.4) is 0 Å². The van der Waals surface area contributed by atoms with Crippen LogP contribution in [0.2, 0.25) is 5.02 Å². The van der Waals surface area contributed by atoms with Gasteiger partial charge in [0.25, 0.3) is 11.6 Å². The smallest absolute Gasteiger partial charge is 0.270 e. The zero-order valence-electron chi connectivity index (χ0n) is 14.5. The molecule has 0 aromatic heterocycles. The van der Waals surface area contributed by atoms with Crippen LogP contribution in [0.15, 0.2) is 42.5 Å². The number of halogens is 1. The number of anilines is 1. The highest BCUT2D eigenvalue weighted by atomic mass is 35.5. The first-order valence-corrected chi connectivity index (χ1v) is 9.99. The first-order valence-electron chi connectivity index (χ1n) is 8.56. The summed E-state index contributed by atoms with van der Waals surface area (Å²) in [6.07, 6.45) is 2.14. The minimum atomic E-state index is -0.548. The van der Waals surface area contributed by atoms with Crippen molar-refractivity contribution in [2.24, 2.45) is 0 Å². The number of rotatable bonds is 6. The number of nitro benzene ring substituents is 1. The molecule has 8 heteroatoms. The van der Waals surface area contributed by atoms with Crippen LogP contribution in [0.1, 0.15) is 28.8 Å². The SMILES string of the molecule is O=C(Nc1cccc(CSC2CCOCC2)c1)c1ccc([N+](=O)[O-])cc1Cl. The van der Waals surface area contributed by atoms with Gasteiger partial charge in [-0.15, -0.1) is 0 Å². The molecule has 1 fully saturated rings. The zero-order valence-corrected chi connectivity index (χ0v) is 16.1. The average Bonchev–Trinajstić information content (AvgIpc) is 2.67. The molecule has 2 aromatic rings. The predicted octanol–water partition coefficient (Wildman–Crippen LogP) is 4.91. The molecule has 1 aliphatic rings. The van der Waals surface area contributed by atoms with E-state index in [4.69, 9.17) is 16.3 Å². The van der Waals surface area contributed by atoms with Crippen molar-refractivity contribution >= 4 is 40.6 Å². The third-order valence-corrected chi connectivity index (χ3v) is 6.00. The summed E-state index contributed by atoms with van der Waals surface area (Å²) in [5.74, 6) is 0.469. The Morgan fingerprint density at radius 3 is 2.74 bits per heavy atom. The second-order valence-corrected chi connectivity index (χ2v) is 7.89. The molecule has 6 nitrogen and oxygen atoms in total. The van der Waals surface area contributed by atoms with Crippen molar-refractivity contribution in [3.63, 3.8) is 0 Å². The third kappa shape index (κ3) is 5.45. The lowest BCUT2D eigenvalue weighted by molar-refractivity contribution is -0.384. The van der Waals surface area contributed by atoms with Crippen LogP contribution in [-0.2, 0) is 10.5 Å². The van der Waals surface area contributed by atoms with Crippen LogP contribution >= 0.6 is 23.4 Å². The molecule has 3 rings (SSSR count). The Morgan fingerprint density at radius 1 is 1.26 bits per heavy atom. The number of nitro groups is 1.